The molecule has 3 rings (SSSR count). The van der Waals surface area contributed by atoms with E-state index in [-0.39, 0.29) is 10.8 Å². The zero-order chi connectivity index (χ0) is 21.9. The first-order valence-electron chi connectivity index (χ1n) is 9.36. The third-order valence-corrected chi connectivity index (χ3v) is 6.35. The van der Waals surface area contributed by atoms with E-state index in [0.29, 0.717) is 22.6 Å². The Morgan fingerprint density at radius 2 is 1.57 bits per heavy atom. The molecule has 0 aliphatic carbocycles. The van der Waals surface area contributed by atoms with Gasteiger partial charge in [0.15, 0.2) is 0 Å². The highest BCUT2D eigenvalue weighted by Gasteiger charge is 2.17. The smallest absolute Gasteiger partial charge is 0.261 e. The molecule has 0 saturated heterocycles. The molecule has 0 unspecified atom stereocenters. The second-order valence-corrected chi connectivity index (χ2v) is 8.69. The van der Waals surface area contributed by atoms with Crippen LogP contribution in [0.4, 0.5) is 11.4 Å². The molecule has 2 N–H and O–H groups in total. The zero-order valence-corrected chi connectivity index (χ0v) is 18.1. The van der Waals surface area contributed by atoms with Crippen molar-refractivity contribution in [3.05, 3.63) is 82.9 Å². The lowest BCUT2D eigenvalue weighted by Crippen LogP contribution is -2.16. The number of aryl methyl sites for hydroxylation is 2. The van der Waals surface area contributed by atoms with E-state index >= 15 is 0 Å². The van der Waals surface area contributed by atoms with Crippen molar-refractivity contribution in [2.75, 3.05) is 17.1 Å². The molecule has 0 aliphatic heterocycles. The maximum absolute atomic E-state index is 12.8. The Labute approximate surface area is 177 Å². The number of carbonyl (C=O) groups is 1. The molecular weight excluding hydrogens is 400 g/mol. The van der Waals surface area contributed by atoms with E-state index in [0.717, 1.165) is 16.8 Å². The fraction of sp³-hybridized carbons (Fsp3) is 0.174. The molecule has 0 aliphatic rings. The predicted molar refractivity (Wildman–Crippen MR) is 119 cm³/mol. The largest absolute Gasteiger partial charge is 0.497 e. The van der Waals surface area contributed by atoms with Crippen molar-refractivity contribution in [2.45, 2.75) is 25.7 Å². The van der Waals surface area contributed by atoms with Crippen molar-refractivity contribution in [1.82, 2.24) is 0 Å². The van der Waals surface area contributed by atoms with Gasteiger partial charge < -0.3 is 10.1 Å². The third kappa shape index (κ3) is 4.63. The fourth-order valence-corrected chi connectivity index (χ4v) is 4.03. The van der Waals surface area contributed by atoms with E-state index in [9.17, 15) is 13.2 Å². The Bertz CT molecular complexity index is 1190. The average molecular weight is 425 g/mol. The van der Waals surface area contributed by atoms with E-state index in [1.165, 1.54) is 25.3 Å². The van der Waals surface area contributed by atoms with Gasteiger partial charge >= 0.3 is 0 Å². The number of anilines is 2. The van der Waals surface area contributed by atoms with Gasteiger partial charge in [-0.3, -0.25) is 9.52 Å². The number of amides is 1. The highest BCUT2D eigenvalue weighted by atomic mass is 32.2. The summed E-state index contributed by atoms with van der Waals surface area (Å²) in [6.45, 7) is 5.69. The van der Waals surface area contributed by atoms with Crippen LogP contribution in [0.1, 0.15) is 27.0 Å². The molecule has 7 heteroatoms. The monoisotopic (exact) mass is 424 g/mol. The van der Waals surface area contributed by atoms with Crippen molar-refractivity contribution in [3.63, 3.8) is 0 Å². The fourth-order valence-electron chi connectivity index (χ4n) is 2.91. The van der Waals surface area contributed by atoms with Gasteiger partial charge in [0, 0.05) is 11.3 Å². The molecular formula is C23H24N2O4S. The van der Waals surface area contributed by atoms with Crippen molar-refractivity contribution in [2.24, 2.45) is 0 Å². The first-order chi connectivity index (χ1) is 14.2. The van der Waals surface area contributed by atoms with Crippen LogP contribution in [0, 0.1) is 20.8 Å². The molecule has 0 atom stereocenters. The first-order valence-corrected chi connectivity index (χ1v) is 10.8. The minimum Gasteiger partial charge on any atom is -0.497 e. The number of benzene rings is 3. The normalized spacial score (nSPS) is 11.1. The van der Waals surface area contributed by atoms with Crippen LogP contribution in [0.5, 0.6) is 5.75 Å². The molecule has 6 nitrogen and oxygen atoms in total. The van der Waals surface area contributed by atoms with Gasteiger partial charge in [-0.05, 0) is 79.9 Å². The van der Waals surface area contributed by atoms with Gasteiger partial charge in [-0.25, -0.2) is 8.42 Å². The molecule has 0 bridgehead atoms. The summed E-state index contributed by atoms with van der Waals surface area (Å²) in [5.74, 6) is 0.254. The van der Waals surface area contributed by atoms with Crippen LogP contribution in [0.15, 0.2) is 65.6 Å². The lowest BCUT2D eigenvalue weighted by atomic mass is 10.1. The molecule has 1 amide bonds. The summed E-state index contributed by atoms with van der Waals surface area (Å²) in [7, 11) is -2.30. The van der Waals surface area contributed by atoms with Crippen molar-refractivity contribution in [3.8, 4) is 5.75 Å². The van der Waals surface area contributed by atoms with Gasteiger partial charge in [-0.2, -0.15) is 0 Å². The maximum atomic E-state index is 12.8. The highest BCUT2D eigenvalue weighted by molar-refractivity contribution is 7.92. The topological polar surface area (TPSA) is 84.5 Å². The van der Waals surface area contributed by atoms with E-state index in [2.05, 4.69) is 10.0 Å². The Kier molecular flexibility index (Phi) is 6.12. The standard InChI is InChI=1S/C23H24N2O4S/c1-15-6-5-7-21(17(15)3)24-23(26)18-9-8-16(2)22(14-18)25-30(27,28)20-12-10-19(29-4)11-13-20/h5-14,25H,1-4H3,(H,24,26). The highest BCUT2D eigenvalue weighted by Crippen LogP contribution is 2.24. The zero-order valence-electron chi connectivity index (χ0n) is 17.3. The van der Waals surface area contributed by atoms with Crippen molar-refractivity contribution >= 4 is 27.3 Å². The number of ether oxygens (including phenoxy) is 1. The predicted octanol–water partition coefficient (Wildman–Crippen LogP) is 4.67. The molecule has 0 spiro atoms. The van der Waals surface area contributed by atoms with Gasteiger partial charge in [0.05, 0.1) is 17.7 Å². The Hall–Kier alpha value is -3.32. The molecule has 0 aromatic heterocycles. The molecule has 3 aromatic rings. The van der Waals surface area contributed by atoms with Crippen LogP contribution in [0.2, 0.25) is 0 Å². The Morgan fingerprint density at radius 3 is 2.23 bits per heavy atom. The second-order valence-electron chi connectivity index (χ2n) is 7.01. The molecule has 0 fully saturated rings. The number of rotatable bonds is 6. The van der Waals surface area contributed by atoms with E-state index in [4.69, 9.17) is 4.74 Å². The molecule has 0 saturated carbocycles. The number of hydrogen-bond acceptors (Lipinski definition) is 4. The van der Waals surface area contributed by atoms with Crippen LogP contribution in [-0.2, 0) is 10.0 Å². The van der Waals surface area contributed by atoms with Gasteiger partial charge in [-0.1, -0.05) is 18.2 Å². The summed E-state index contributed by atoms with van der Waals surface area (Å²) in [5.41, 5.74) is 4.19. The number of sulfonamides is 1. The Morgan fingerprint density at radius 1 is 0.867 bits per heavy atom. The molecule has 0 heterocycles. The number of methoxy groups -OCH3 is 1. The third-order valence-electron chi connectivity index (χ3n) is 4.97. The van der Waals surface area contributed by atoms with Gasteiger partial charge in [-0.15, -0.1) is 0 Å². The summed E-state index contributed by atoms with van der Waals surface area (Å²) in [6.07, 6.45) is 0. The van der Waals surface area contributed by atoms with Crippen LogP contribution in [-0.4, -0.2) is 21.4 Å². The number of carbonyl (C=O) groups excluding carboxylic acids is 1. The Balaban J connectivity index is 1.85. The number of nitrogens with one attached hydrogen (secondary N) is 2. The average Bonchev–Trinajstić information content (AvgIpc) is 2.73. The van der Waals surface area contributed by atoms with Gasteiger partial charge in [0.1, 0.15) is 5.75 Å². The van der Waals surface area contributed by atoms with Crippen LogP contribution in [0.3, 0.4) is 0 Å². The SMILES string of the molecule is COc1ccc(S(=O)(=O)Nc2cc(C(=O)Nc3cccc(C)c3C)ccc2C)cc1. The van der Waals surface area contributed by atoms with E-state index in [1.54, 1.807) is 31.2 Å². The van der Waals surface area contributed by atoms with Gasteiger partial charge in [0.2, 0.25) is 0 Å². The summed E-state index contributed by atoms with van der Waals surface area (Å²) in [6, 6.07) is 16.7. The molecule has 30 heavy (non-hydrogen) atoms. The van der Waals surface area contributed by atoms with Crippen molar-refractivity contribution < 1.29 is 17.9 Å². The first kappa shape index (κ1) is 21.4. The van der Waals surface area contributed by atoms with Crippen LogP contribution >= 0.6 is 0 Å². The lowest BCUT2D eigenvalue weighted by Gasteiger charge is -2.14. The van der Waals surface area contributed by atoms with E-state index < -0.39 is 10.0 Å². The minimum atomic E-state index is -3.81. The molecule has 156 valence electrons. The second kappa shape index (κ2) is 8.59. The number of hydrogen-bond donors (Lipinski definition) is 2. The van der Waals surface area contributed by atoms with Crippen molar-refractivity contribution in [1.29, 1.82) is 0 Å². The molecule has 0 radical (unpaired) electrons. The van der Waals surface area contributed by atoms with Crippen LogP contribution < -0.4 is 14.8 Å². The summed E-state index contributed by atoms with van der Waals surface area (Å²) in [4.78, 5) is 12.8. The van der Waals surface area contributed by atoms with Crippen LogP contribution in [0.25, 0.3) is 0 Å². The summed E-state index contributed by atoms with van der Waals surface area (Å²) < 4.78 is 33.1. The summed E-state index contributed by atoms with van der Waals surface area (Å²) in [5, 5.41) is 2.89. The lowest BCUT2D eigenvalue weighted by molar-refractivity contribution is 0.102. The molecule has 3 aromatic carbocycles. The van der Waals surface area contributed by atoms with Gasteiger partial charge in [0.25, 0.3) is 15.9 Å². The van der Waals surface area contributed by atoms with E-state index in [1.807, 2.05) is 32.0 Å². The minimum absolute atomic E-state index is 0.105. The summed E-state index contributed by atoms with van der Waals surface area (Å²) >= 11 is 0. The quantitative estimate of drug-likeness (QED) is 0.602. The maximum Gasteiger partial charge on any atom is 0.261 e.